The minimum atomic E-state index is -1.03. The van der Waals surface area contributed by atoms with Crippen molar-refractivity contribution in [2.45, 2.75) is 6.42 Å². The lowest BCUT2D eigenvalue weighted by molar-refractivity contribution is -0.143. The summed E-state index contributed by atoms with van der Waals surface area (Å²) in [6.07, 6.45) is -0.166. The van der Waals surface area contributed by atoms with E-state index in [-0.39, 0.29) is 12.2 Å². The van der Waals surface area contributed by atoms with E-state index in [9.17, 15) is 9.59 Å². The number of carbonyl (C=O) groups excluding carboxylic acids is 2. The number of rotatable bonds is 4. The highest BCUT2D eigenvalue weighted by Gasteiger charge is 2.27. The van der Waals surface area contributed by atoms with Gasteiger partial charge in [0.05, 0.1) is 19.6 Å². The molecular weight excluding hydrogens is 206 g/mol. The second kappa shape index (κ2) is 5.66. The number of ether oxygens (including phenoxy) is 1. The van der Waals surface area contributed by atoms with Crippen LogP contribution < -0.4 is 0 Å². The zero-order valence-corrected chi connectivity index (χ0v) is 8.84. The number of benzene rings is 1. The SMILES string of the molecule is COC(=O)C(CC#N)C(=O)c1ccccc1. The highest BCUT2D eigenvalue weighted by atomic mass is 16.5. The zero-order valence-electron chi connectivity index (χ0n) is 8.84. The molecule has 0 saturated heterocycles. The van der Waals surface area contributed by atoms with Gasteiger partial charge in [0.15, 0.2) is 5.78 Å². The van der Waals surface area contributed by atoms with Crippen LogP contribution in [0.2, 0.25) is 0 Å². The Hall–Kier alpha value is -2.15. The Morgan fingerprint density at radius 3 is 2.50 bits per heavy atom. The number of carbonyl (C=O) groups is 2. The Bertz CT molecular complexity index is 420. The second-order valence-electron chi connectivity index (χ2n) is 3.17. The van der Waals surface area contributed by atoms with Crippen molar-refractivity contribution in [2.24, 2.45) is 5.92 Å². The highest BCUT2D eigenvalue weighted by Crippen LogP contribution is 2.13. The molecule has 82 valence electrons. The van der Waals surface area contributed by atoms with Crippen LogP contribution in [0.3, 0.4) is 0 Å². The summed E-state index contributed by atoms with van der Waals surface area (Å²) in [5, 5.41) is 8.57. The van der Waals surface area contributed by atoms with Crippen molar-refractivity contribution in [3.05, 3.63) is 35.9 Å². The summed E-state index contributed by atoms with van der Waals surface area (Å²) in [7, 11) is 1.20. The number of methoxy groups -OCH3 is 1. The van der Waals surface area contributed by atoms with Crippen molar-refractivity contribution in [3.63, 3.8) is 0 Å². The topological polar surface area (TPSA) is 67.2 Å². The van der Waals surface area contributed by atoms with Gasteiger partial charge in [-0.15, -0.1) is 0 Å². The van der Waals surface area contributed by atoms with Crippen molar-refractivity contribution >= 4 is 11.8 Å². The molecule has 0 aromatic heterocycles. The lowest BCUT2D eigenvalue weighted by Gasteiger charge is -2.09. The Morgan fingerprint density at radius 1 is 1.38 bits per heavy atom. The van der Waals surface area contributed by atoms with Crippen LogP contribution >= 0.6 is 0 Å². The molecule has 0 aliphatic rings. The molecule has 1 rings (SSSR count). The molecule has 1 aromatic carbocycles. The number of nitriles is 1. The summed E-state index contributed by atoms with van der Waals surface area (Å²) in [4.78, 5) is 23.2. The van der Waals surface area contributed by atoms with Crippen LogP contribution in [-0.2, 0) is 9.53 Å². The van der Waals surface area contributed by atoms with E-state index in [4.69, 9.17) is 5.26 Å². The quantitative estimate of drug-likeness (QED) is 0.436. The molecule has 0 amide bonds. The van der Waals surface area contributed by atoms with Crippen LogP contribution in [0, 0.1) is 17.2 Å². The zero-order chi connectivity index (χ0) is 12.0. The maximum Gasteiger partial charge on any atom is 0.317 e. The Kier molecular flexibility index (Phi) is 4.22. The van der Waals surface area contributed by atoms with Gasteiger partial charge in [-0.25, -0.2) is 0 Å². The molecule has 4 heteroatoms. The minimum absolute atomic E-state index is 0.166. The predicted octanol–water partition coefficient (Wildman–Crippen LogP) is 1.57. The molecule has 0 aliphatic carbocycles. The van der Waals surface area contributed by atoms with Gasteiger partial charge in [0.25, 0.3) is 0 Å². The van der Waals surface area contributed by atoms with Crippen LogP contribution in [0.4, 0.5) is 0 Å². The molecule has 0 N–H and O–H groups in total. The van der Waals surface area contributed by atoms with Gasteiger partial charge in [0.2, 0.25) is 0 Å². The fourth-order valence-corrected chi connectivity index (χ4v) is 1.32. The van der Waals surface area contributed by atoms with E-state index in [2.05, 4.69) is 4.74 Å². The normalized spacial score (nSPS) is 11.2. The minimum Gasteiger partial charge on any atom is -0.468 e. The van der Waals surface area contributed by atoms with E-state index in [0.29, 0.717) is 5.56 Å². The van der Waals surface area contributed by atoms with Gasteiger partial charge in [-0.05, 0) is 0 Å². The summed E-state index contributed by atoms with van der Waals surface area (Å²) in [5.41, 5.74) is 0.410. The van der Waals surface area contributed by atoms with Crippen LogP contribution in [-0.4, -0.2) is 18.9 Å². The molecular formula is C12H11NO3. The first-order chi connectivity index (χ1) is 7.70. The van der Waals surface area contributed by atoms with Crippen molar-refractivity contribution in [2.75, 3.05) is 7.11 Å². The van der Waals surface area contributed by atoms with Gasteiger partial charge in [0.1, 0.15) is 5.92 Å². The third-order valence-electron chi connectivity index (χ3n) is 2.16. The first-order valence-electron chi connectivity index (χ1n) is 4.74. The first-order valence-corrected chi connectivity index (χ1v) is 4.74. The highest BCUT2D eigenvalue weighted by molar-refractivity contribution is 6.08. The summed E-state index contributed by atoms with van der Waals surface area (Å²) < 4.78 is 4.50. The van der Waals surface area contributed by atoms with Crippen molar-refractivity contribution in [1.82, 2.24) is 0 Å². The van der Waals surface area contributed by atoms with Gasteiger partial charge < -0.3 is 4.74 Å². The third kappa shape index (κ3) is 2.67. The summed E-state index contributed by atoms with van der Waals surface area (Å²) in [6, 6.07) is 10.2. The number of nitrogens with zero attached hydrogens (tertiary/aromatic N) is 1. The summed E-state index contributed by atoms with van der Waals surface area (Å²) in [5.74, 6) is -2.08. The van der Waals surface area contributed by atoms with E-state index < -0.39 is 11.9 Å². The predicted molar refractivity (Wildman–Crippen MR) is 56.5 cm³/mol. The molecule has 0 bridgehead atoms. The number of ketones is 1. The monoisotopic (exact) mass is 217 g/mol. The van der Waals surface area contributed by atoms with E-state index >= 15 is 0 Å². The summed E-state index contributed by atoms with van der Waals surface area (Å²) in [6.45, 7) is 0. The second-order valence-corrected chi connectivity index (χ2v) is 3.17. The molecule has 0 saturated carbocycles. The van der Waals surface area contributed by atoms with Crippen LogP contribution in [0.5, 0.6) is 0 Å². The average Bonchev–Trinajstić information content (AvgIpc) is 2.35. The fourth-order valence-electron chi connectivity index (χ4n) is 1.32. The molecule has 0 aliphatic heterocycles. The molecule has 0 spiro atoms. The van der Waals surface area contributed by atoms with Gasteiger partial charge in [-0.1, -0.05) is 30.3 Å². The number of hydrogen-bond acceptors (Lipinski definition) is 4. The first kappa shape index (κ1) is 11.9. The lowest BCUT2D eigenvalue weighted by Crippen LogP contribution is -2.25. The Labute approximate surface area is 93.5 Å². The van der Waals surface area contributed by atoms with Gasteiger partial charge >= 0.3 is 5.97 Å². The van der Waals surface area contributed by atoms with Crippen LogP contribution in [0.1, 0.15) is 16.8 Å². The molecule has 1 atom stereocenters. The maximum absolute atomic E-state index is 11.9. The lowest BCUT2D eigenvalue weighted by atomic mass is 9.95. The van der Waals surface area contributed by atoms with Gasteiger partial charge in [-0.3, -0.25) is 9.59 Å². The molecule has 1 unspecified atom stereocenters. The standard InChI is InChI=1S/C12H11NO3/c1-16-12(15)10(7-8-13)11(14)9-5-3-2-4-6-9/h2-6,10H,7H2,1H3. The van der Waals surface area contributed by atoms with Crippen LogP contribution in [0.15, 0.2) is 30.3 Å². The molecule has 4 nitrogen and oxygen atoms in total. The smallest absolute Gasteiger partial charge is 0.317 e. The maximum atomic E-state index is 11.9. The largest absolute Gasteiger partial charge is 0.468 e. The molecule has 1 aromatic rings. The van der Waals surface area contributed by atoms with Crippen molar-refractivity contribution in [3.8, 4) is 6.07 Å². The van der Waals surface area contributed by atoms with Crippen LogP contribution in [0.25, 0.3) is 0 Å². The Balaban J connectivity index is 2.93. The number of hydrogen-bond donors (Lipinski definition) is 0. The van der Waals surface area contributed by atoms with E-state index in [1.54, 1.807) is 30.3 Å². The van der Waals surface area contributed by atoms with Gasteiger partial charge in [-0.2, -0.15) is 5.26 Å². The Morgan fingerprint density at radius 2 is 2.00 bits per heavy atom. The van der Waals surface area contributed by atoms with E-state index in [0.717, 1.165) is 0 Å². The van der Waals surface area contributed by atoms with Crippen molar-refractivity contribution < 1.29 is 14.3 Å². The molecule has 0 heterocycles. The number of Topliss-reactive ketones (excluding diaryl/α,β-unsaturated/α-hetero) is 1. The molecule has 16 heavy (non-hydrogen) atoms. The van der Waals surface area contributed by atoms with E-state index in [1.807, 2.05) is 6.07 Å². The third-order valence-corrected chi connectivity index (χ3v) is 2.16. The number of esters is 1. The fraction of sp³-hybridized carbons (Fsp3) is 0.250. The van der Waals surface area contributed by atoms with E-state index in [1.165, 1.54) is 7.11 Å². The van der Waals surface area contributed by atoms with Crippen molar-refractivity contribution in [1.29, 1.82) is 5.26 Å². The molecule has 0 radical (unpaired) electrons. The average molecular weight is 217 g/mol. The molecule has 0 fully saturated rings. The van der Waals surface area contributed by atoms with Gasteiger partial charge in [0, 0.05) is 5.56 Å². The summed E-state index contributed by atoms with van der Waals surface area (Å²) >= 11 is 0.